The van der Waals surface area contributed by atoms with E-state index in [1.807, 2.05) is 0 Å². The second-order valence-corrected chi connectivity index (χ2v) is 8.99. The minimum atomic E-state index is -4.71. The summed E-state index contributed by atoms with van der Waals surface area (Å²) >= 11 is 5.84. The van der Waals surface area contributed by atoms with Crippen LogP contribution in [0.1, 0.15) is 61.0 Å². The van der Waals surface area contributed by atoms with Crippen LogP contribution in [0.3, 0.4) is 0 Å². The number of alkyl halides is 3. The minimum Gasteiger partial charge on any atom is -0.465 e. The predicted molar refractivity (Wildman–Crippen MR) is 119 cm³/mol. The first-order valence-electron chi connectivity index (χ1n) is 10.6. The van der Waals surface area contributed by atoms with Crippen molar-refractivity contribution in [2.75, 3.05) is 6.61 Å². The van der Waals surface area contributed by atoms with Gasteiger partial charge in [-0.15, -0.1) is 0 Å². The highest BCUT2D eigenvalue weighted by Gasteiger charge is 2.54. The van der Waals surface area contributed by atoms with Crippen LogP contribution in [-0.2, 0) is 9.53 Å². The van der Waals surface area contributed by atoms with Crippen molar-refractivity contribution in [3.8, 4) is 0 Å². The maximum atomic E-state index is 14.3. The van der Waals surface area contributed by atoms with E-state index >= 15 is 0 Å². The van der Waals surface area contributed by atoms with Gasteiger partial charge in [-0.1, -0.05) is 37.6 Å². The third-order valence-corrected chi connectivity index (χ3v) is 6.12. The highest BCUT2D eigenvalue weighted by molar-refractivity contribution is 6.30. The number of esters is 1. The van der Waals surface area contributed by atoms with Crippen molar-refractivity contribution in [1.82, 2.24) is 0 Å². The van der Waals surface area contributed by atoms with E-state index in [0.717, 1.165) is 6.92 Å². The quantitative estimate of drug-likeness (QED) is 0.162. The average molecular weight is 487 g/mol. The van der Waals surface area contributed by atoms with Gasteiger partial charge in [0.15, 0.2) is 5.78 Å². The van der Waals surface area contributed by atoms with E-state index in [9.17, 15) is 27.2 Å². The van der Waals surface area contributed by atoms with Gasteiger partial charge in [-0.2, -0.15) is 13.2 Å². The lowest BCUT2D eigenvalue weighted by Gasteiger charge is -2.36. The fraction of sp³-hybridized carbons (Fsp3) is 0.440. The Morgan fingerprint density at radius 3 is 2.18 bits per heavy atom. The molecular formula is C25H27ClF4O3. The summed E-state index contributed by atoms with van der Waals surface area (Å²) in [4.78, 5) is 25.7. The molecule has 8 heteroatoms. The van der Waals surface area contributed by atoms with Crippen LogP contribution in [0.5, 0.6) is 0 Å². The Morgan fingerprint density at radius 2 is 1.67 bits per heavy atom. The standard InChI is InChI=1S/C25H27ClF4O3/c1-5-33-23(32)20(22(31)17-6-9-19(26)10-7-17)14-24(4,25(28,29)30)13-16(3)18-8-11-21(27)15(2)12-18/h6-12,16,20H,5,13-14H2,1-4H3. The number of benzene rings is 2. The summed E-state index contributed by atoms with van der Waals surface area (Å²) in [5.74, 6) is -4.45. The summed E-state index contributed by atoms with van der Waals surface area (Å²) in [6.07, 6.45) is -5.88. The summed E-state index contributed by atoms with van der Waals surface area (Å²) in [7, 11) is 0. The SMILES string of the molecule is CCOC(=O)C(CC(C)(CC(C)c1ccc(F)c(C)c1)C(F)(F)F)C(=O)c1ccc(Cl)cc1. The Hall–Kier alpha value is -2.41. The second-order valence-electron chi connectivity index (χ2n) is 8.55. The summed E-state index contributed by atoms with van der Waals surface area (Å²) < 4.78 is 61.5. The lowest BCUT2D eigenvalue weighted by atomic mass is 9.71. The highest BCUT2D eigenvalue weighted by Crippen LogP contribution is 2.49. The average Bonchev–Trinajstić information content (AvgIpc) is 2.73. The zero-order valence-corrected chi connectivity index (χ0v) is 19.7. The van der Waals surface area contributed by atoms with Crippen LogP contribution in [0.2, 0.25) is 5.02 Å². The van der Waals surface area contributed by atoms with E-state index in [-0.39, 0.29) is 12.2 Å². The van der Waals surface area contributed by atoms with Gasteiger partial charge in [-0.25, -0.2) is 4.39 Å². The number of hydrogen-bond donors (Lipinski definition) is 0. The molecule has 0 fully saturated rings. The summed E-state index contributed by atoms with van der Waals surface area (Å²) in [6, 6.07) is 9.77. The lowest BCUT2D eigenvalue weighted by Crippen LogP contribution is -2.42. The molecule has 0 bridgehead atoms. The molecule has 180 valence electrons. The van der Waals surface area contributed by atoms with Crippen LogP contribution in [-0.4, -0.2) is 24.5 Å². The van der Waals surface area contributed by atoms with Crippen LogP contribution in [0.15, 0.2) is 42.5 Å². The molecule has 0 aliphatic rings. The number of hydrogen-bond acceptors (Lipinski definition) is 3. The van der Waals surface area contributed by atoms with E-state index in [1.165, 1.54) is 56.3 Å². The molecule has 2 aromatic carbocycles. The van der Waals surface area contributed by atoms with Gasteiger partial charge >= 0.3 is 12.1 Å². The molecule has 0 amide bonds. The van der Waals surface area contributed by atoms with Gasteiger partial charge in [-0.3, -0.25) is 9.59 Å². The predicted octanol–water partition coefficient (Wildman–Crippen LogP) is 7.30. The number of halogens is 5. The number of carbonyl (C=O) groups excluding carboxylic acids is 2. The van der Waals surface area contributed by atoms with Gasteiger partial charge in [0.25, 0.3) is 0 Å². The van der Waals surface area contributed by atoms with Crippen LogP contribution in [0, 0.1) is 24.1 Å². The molecule has 3 nitrogen and oxygen atoms in total. The van der Waals surface area contributed by atoms with E-state index in [4.69, 9.17) is 16.3 Å². The molecule has 2 rings (SSSR count). The van der Waals surface area contributed by atoms with Crippen molar-refractivity contribution in [1.29, 1.82) is 0 Å². The Bertz CT molecular complexity index is 988. The number of ether oxygens (including phenoxy) is 1. The van der Waals surface area contributed by atoms with Gasteiger partial charge in [0.2, 0.25) is 0 Å². The molecule has 0 saturated heterocycles. The van der Waals surface area contributed by atoms with Gasteiger partial charge in [0.1, 0.15) is 11.7 Å². The zero-order valence-electron chi connectivity index (χ0n) is 18.9. The van der Waals surface area contributed by atoms with Gasteiger partial charge in [0, 0.05) is 10.6 Å². The number of carbonyl (C=O) groups is 2. The molecule has 3 atom stereocenters. The van der Waals surface area contributed by atoms with E-state index in [1.54, 1.807) is 6.92 Å². The maximum absolute atomic E-state index is 14.3. The van der Waals surface area contributed by atoms with E-state index in [2.05, 4.69) is 0 Å². The highest BCUT2D eigenvalue weighted by atomic mass is 35.5. The fourth-order valence-corrected chi connectivity index (χ4v) is 4.00. The lowest BCUT2D eigenvalue weighted by molar-refractivity contribution is -0.227. The summed E-state index contributed by atoms with van der Waals surface area (Å²) in [6.45, 7) is 5.59. The first kappa shape index (κ1) is 26.8. The van der Waals surface area contributed by atoms with E-state index < -0.39 is 53.8 Å². The van der Waals surface area contributed by atoms with Crippen molar-refractivity contribution >= 4 is 23.4 Å². The largest absolute Gasteiger partial charge is 0.465 e. The maximum Gasteiger partial charge on any atom is 0.394 e. The molecule has 0 aliphatic carbocycles. The topological polar surface area (TPSA) is 43.4 Å². The summed E-state index contributed by atoms with van der Waals surface area (Å²) in [5, 5.41) is 0.350. The van der Waals surface area contributed by atoms with E-state index in [0.29, 0.717) is 16.1 Å². The minimum absolute atomic E-state index is 0.0722. The van der Waals surface area contributed by atoms with Crippen LogP contribution in [0.25, 0.3) is 0 Å². The Morgan fingerprint density at radius 1 is 1.06 bits per heavy atom. The third-order valence-electron chi connectivity index (χ3n) is 5.86. The van der Waals surface area contributed by atoms with Crippen LogP contribution >= 0.6 is 11.6 Å². The molecule has 0 heterocycles. The first-order valence-corrected chi connectivity index (χ1v) is 11.0. The Labute approximate surface area is 196 Å². The first-order chi connectivity index (χ1) is 15.3. The molecule has 0 aromatic heterocycles. The van der Waals surface area contributed by atoms with Crippen molar-refractivity contribution in [2.24, 2.45) is 11.3 Å². The molecule has 0 saturated carbocycles. The molecule has 3 unspecified atom stereocenters. The Balaban J connectivity index is 2.41. The third kappa shape index (κ3) is 6.56. The number of Topliss-reactive ketones (excluding diaryl/α,β-unsaturated/α-hetero) is 1. The van der Waals surface area contributed by atoms with Crippen LogP contribution in [0.4, 0.5) is 17.6 Å². The molecule has 2 aromatic rings. The normalized spacial score (nSPS) is 15.4. The smallest absolute Gasteiger partial charge is 0.394 e. The van der Waals surface area contributed by atoms with Gasteiger partial charge < -0.3 is 4.74 Å². The molecule has 0 radical (unpaired) electrons. The van der Waals surface area contributed by atoms with Gasteiger partial charge in [-0.05, 0) is 74.1 Å². The fourth-order valence-electron chi connectivity index (χ4n) is 3.87. The molecular weight excluding hydrogens is 460 g/mol. The second kappa shape index (κ2) is 10.7. The number of aryl methyl sites for hydroxylation is 1. The van der Waals surface area contributed by atoms with Crippen molar-refractivity contribution in [3.05, 3.63) is 70.0 Å². The van der Waals surface area contributed by atoms with Crippen molar-refractivity contribution in [2.45, 2.75) is 52.6 Å². The number of ketones is 1. The zero-order chi connectivity index (χ0) is 25.0. The molecule has 0 N–H and O–H groups in total. The monoisotopic (exact) mass is 486 g/mol. The molecule has 0 aliphatic heterocycles. The Kier molecular flexibility index (Phi) is 8.69. The van der Waals surface area contributed by atoms with Crippen molar-refractivity contribution in [3.63, 3.8) is 0 Å². The molecule has 0 spiro atoms. The van der Waals surface area contributed by atoms with Crippen molar-refractivity contribution < 1.29 is 31.9 Å². The van der Waals surface area contributed by atoms with Crippen LogP contribution < -0.4 is 0 Å². The van der Waals surface area contributed by atoms with Gasteiger partial charge in [0.05, 0.1) is 12.0 Å². The summed E-state index contributed by atoms with van der Waals surface area (Å²) in [5.41, 5.74) is -1.44. The molecule has 33 heavy (non-hydrogen) atoms. The number of rotatable bonds is 9.